The fourth-order valence-corrected chi connectivity index (χ4v) is 3.19. The molecule has 6 nitrogen and oxygen atoms in total. The van der Waals surface area contributed by atoms with Gasteiger partial charge in [-0.05, 0) is 49.2 Å². The smallest absolute Gasteiger partial charge is 0.338 e. The fraction of sp³-hybridized carbons (Fsp3) is 0.286. The molecule has 2 aromatic carbocycles. The van der Waals surface area contributed by atoms with Crippen molar-refractivity contribution in [2.45, 2.75) is 20.3 Å². The zero-order valence-corrected chi connectivity index (χ0v) is 15.5. The Labute approximate surface area is 158 Å². The molecule has 2 amide bonds. The summed E-state index contributed by atoms with van der Waals surface area (Å²) in [6.45, 7) is 4.02. The number of nitrogens with zero attached hydrogens (tertiary/aromatic N) is 2. The Morgan fingerprint density at radius 2 is 1.78 bits per heavy atom. The zero-order chi connectivity index (χ0) is 19.4. The number of hydrogen-bond acceptors (Lipinski definition) is 4. The number of fused-ring (bicyclic) bond motifs is 1. The third-order valence-corrected chi connectivity index (χ3v) is 4.55. The Morgan fingerprint density at radius 1 is 1.07 bits per heavy atom. The Bertz CT molecular complexity index is 861. The van der Waals surface area contributed by atoms with Crippen molar-refractivity contribution in [1.29, 1.82) is 0 Å². The predicted molar refractivity (Wildman–Crippen MR) is 103 cm³/mol. The molecular weight excluding hydrogens is 344 g/mol. The van der Waals surface area contributed by atoms with Crippen molar-refractivity contribution in [3.8, 4) is 0 Å². The third kappa shape index (κ3) is 4.00. The molecule has 0 fully saturated rings. The number of para-hydroxylation sites is 1. The fourth-order valence-electron chi connectivity index (χ4n) is 3.19. The summed E-state index contributed by atoms with van der Waals surface area (Å²) in [6.07, 6.45) is 0.816. The van der Waals surface area contributed by atoms with Gasteiger partial charge in [0.15, 0.2) is 0 Å². The molecule has 0 aliphatic carbocycles. The van der Waals surface area contributed by atoms with Gasteiger partial charge in [0, 0.05) is 24.8 Å². The molecule has 1 aliphatic rings. The van der Waals surface area contributed by atoms with Crippen molar-refractivity contribution in [2.24, 2.45) is 0 Å². The molecule has 0 unspecified atom stereocenters. The van der Waals surface area contributed by atoms with Crippen LogP contribution in [-0.2, 0) is 20.7 Å². The first-order valence-electron chi connectivity index (χ1n) is 8.94. The molecule has 140 valence electrons. The van der Waals surface area contributed by atoms with Crippen LogP contribution in [0, 0.1) is 0 Å². The van der Waals surface area contributed by atoms with E-state index in [0.29, 0.717) is 24.4 Å². The maximum Gasteiger partial charge on any atom is 0.338 e. The minimum absolute atomic E-state index is 0.0532. The van der Waals surface area contributed by atoms with Crippen molar-refractivity contribution in [3.05, 3.63) is 59.7 Å². The predicted octanol–water partition coefficient (Wildman–Crippen LogP) is 2.81. The number of esters is 1. The highest BCUT2D eigenvalue weighted by Crippen LogP contribution is 2.28. The maximum atomic E-state index is 12.8. The van der Waals surface area contributed by atoms with Crippen LogP contribution in [0.4, 0.5) is 11.4 Å². The van der Waals surface area contributed by atoms with E-state index in [1.165, 1.54) is 11.8 Å². The molecular formula is C21H22N2O4. The summed E-state index contributed by atoms with van der Waals surface area (Å²) < 4.78 is 4.96. The van der Waals surface area contributed by atoms with Gasteiger partial charge >= 0.3 is 5.97 Å². The van der Waals surface area contributed by atoms with Gasteiger partial charge < -0.3 is 14.5 Å². The molecule has 0 saturated carbocycles. The van der Waals surface area contributed by atoms with Gasteiger partial charge in [0.2, 0.25) is 11.8 Å². The van der Waals surface area contributed by atoms with E-state index < -0.39 is 5.97 Å². The Balaban J connectivity index is 1.76. The quantitative estimate of drug-likeness (QED) is 0.763. The molecule has 27 heavy (non-hydrogen) atoms. The molecule has 2 aromatic rings. The van der Waals surface area contributed by atoms with Gasteiger partial charge in [0.1, 0.15) is 6.54 Å². The number of rotatable bonds is 5. The summed E-state index contributed by atoms with van der Waals surface area (Å²) in [7, 11) is 0. The van der Waals surface area contributed by atoms with E-state index in [0.717, 1.165) is 17.7 Å². The lowest BCUT2D eigenvalue weighted by atomic mass is 10.2. The van der Waals surface area contributed by atoms with E-state index >= 15 is 0 Å². The monoisotopic (exact) mass is 366 g/mol. The summed E-state index contributed by atoms with van der Waals surface area (Å²) in [5.74, 6) is -0.785. The molecule has 0 atom stereocenters. The van der Waals surface area contributed by atoms with Crippen LogP contribution in [0.15, 0.2) is 48.5 Å². The van der Waals surface area contributed by atoms with Crippen LogP contribution in [0.3, 0.4) is 0 Å². The average Bonchev–Trinajstić information content (AvgIpc) is 3.10. The van der Waals surface area contributed by atoms with E-state index in [1.54, 1.807) is 36.1 Å². The summed E-state index contributed by atoms with van der Waals surface area (Å²) in [6, 6.07) is 14.3. The van der Waals surface area contributed by atoms with Crippen molar-refractivity contribution in [2.75, 3.05) is 29.5 Å². The van der Waals surface area contributed by atoms with Gasteiger partial charge in [-0.15, -0.1) is 0 Å². The maximum absolute atomic E-state index is 12.8. The lowest BCUT2D eigenvalue weighted by molar-refractivity contribution is -0.121. The molecule has 0 radical (unpaired) electrons. The van der Waals surface area contributed by atoms with E-state index in [4.69, 9.17) is 4.74 Å². The summed E-state index contributed by atoms with van der Waals surface area (Å²) in [5.41, 5.74) is 3.02. The third-order valence-electron chi connectivity index (χ3n) is 4.55. The molecule has 0 aromatic heterocycles. The Hall–Kier alpha value is -3.15. The molecule has 0 bridgehead atoms. The largest absolute Gasteiger partial charge is 0.462 e. The van der Waals surface area contributed by atoms with Crippen molar-refractivity contribution >= 4 is 29.2 Å². The Morgan fingerprint density at radius 3 is 2.44 bits per heavy atom. The number of anilines is 2. The molecule has 0 N–H and O–H groups in total. The van der Waals surface area contributed by atoms with Crippen LogP contribution >= 0.6 is 0 Å². The van der Waals surface area contributed by atoms with Gasteiger partial charge in [-0.2, -0.15) is 0 Å². The highest BCUT2D eigenvalue weighted by Gasteiger charge is 2.26. The second-order valence-electron chi connectivity index (χ2n) is 6.30. The van der Waals surface area contributed by atoms with Crippen LogP contribution in [0.1, 0.15) is 29.8 Å². The van der Waals surface area contributed by atoms with E-state index in [-0.39, 0.29) is 18.4 Å². The second kappa shape index (κ2) is 8.03. The van der Waals surface area contributed by atoms with Crippen molar-refractivity contribution in [3.63, 3.8) is 0 Å². The molecule has 0 spiro atoms. The minimum atomic E-state index is -0.414. The first-order valence-corrected chi connectivity index (χ1v) is 8.94. The number of carbonyl (C=O) groups is 3. The van der Waals surface area contributed by atoms with Gasteiger partial charge in [-0.1, -0.05) is 18.2 Å². The lowest BCUT2D eigenvalue weighted by Gasteiger charge is -2.24. The van der Waals surface area contributed by atoms with Crippen LogP contribution < -0.4 is 9.80 Å². The van der Waals surface area contributed by atoms with Crippen molar-refractivity contribution < 1.29 is 19.1 Å². The van der Waals surface area contributed by atoms with E-state index in [9.17, 15) is 14.4 Å². The average molecular weight is 366 g/mol. The Kier molecular flexibility index (Phi) is 5.54. The first kappa shape index (κ1) is 18.6. The summed E-state index contributed by atoms with van der Waals surface area (Å²) >= 11 is 0. The van der Waals surface area contributed by atoms with E-state index in [1.807, 2.05) is 24.3 Å². The molecule has 1 aliphatic heterocycles. The van der Waals surface area contributed by atoms with Crippen molar-refractivity contribution in [1.82, 2.24) is 0 Å². The van der Waals surface area contributed by atoms with Crippen LogP contribution in [-0.4, -0.2) is 37.5 Å². The number of carbonyl (C=O) groups excluding carboxylic acids is 3. The van der Waals surface area contributed by atoms with Crippen LogP contribution in [0.2, 0.25) is 0 Å². The van der Waals surface area contributed by atoms with E-state index in [2.05, 4.69) is 0 Å². The highest BCUT2D eigenvalue weighted by molar-refractivity contribution is 6.04. The van der Waals surface area contributed by atoms with Gasteiger partial charge in [-0.25, -0.2) is 4.79 Å². The molecule has 3 rings (SSSR count). The zero-order valence-electron chi connectivity index (χ0n) is 15.5. The SMILES string of the molecule is CCOC(=O)c1ccc(N(CC(=O)N2CCc3ccccc32)C(C)=O)cc1. The topological polar surface area (TPSA) is 66.9 Å². The summed E-state index contributed by atoms with van der Waals surface area (Å²) in [5, 5.41) is 0. The second-order valence-corrected chi connectivity index (χ2v) is 6.30. The normalized spacial score (nSPS) is 12.4. The summed E-state index contributed by atoms with van der Waals surface area (Å²) in [4.78, 5) is 39.8. The molecule has 0 saturated heterocycles. The first-order chi connectivity index (χ1) is 13.0. The lowest BCUT2D eigenvalue weighted by Crippen LogP contribution is -2.41. The minimum Gasteiger partial charge on any atom is -0.462 e. The van der Waals surface area contributed by atoms with Gasteiger partial charge in [0.05, 0.1) is 12.2 Å². The standard InChI is InChI=1S/C21H22N2O4/c1-3-27-21(26)17-8-10-18(11-9-17)23(15(2)24)14-20(25)22-13-12-16-6-4-5-7-19(16)22/h4-11H,3,12-14H2,1-2H3. The number of amides is 2. The molecule has 6 heteroatoms. The molecule has 1 heterocycles. The van der Waals surface area contributed by atoms with Crippen LogP contribution in [0.25, 0.3) is 0 Å². The number of ether oxygens (including phenoxy) is 1. The number of benzene rings is 2. The van der Waals surface area contributed by atoms with Gasteiger partial charge in [-0.3, -0.25) is 9.59 Å². The highest BCUT2D eigenvalue weighted by atomic mass is 16.5. The van der Waals surface area contributed by atoms with Crippen LogP contribution in [0.5, 0.6) is 0 Å². The number of hydrogen-bond donors (Lipinski definition) is 0. The van der Waals surface area contributed by atoms with Gasteiger partial charge in [0.25, 0.3) is 0 Å².